The van der Waals surface area contributed by atoms with Gasteiger partial charge in [0, 0.05) is 35.9 Å². The van der Waals surface area contributed by atoms with Gasteiger partial charge in [0.2, 0.25) is 18.7 Å². The number of carboxylic acid groups (broad SMARTS) is 1. The standard InChI is InChI=1S/C42H43N3O14/c1-20-14-21(2)16-24(15-20)33-32-23(10-12-44-32)18-45(33)59-38-36(50)35(49)37(41(54)58-40(53)31(39(51)52)29(43-3)11-13-46)57-42(38)56-26-8-9-27-30(17-26)55-19-28(34(27)48)22-4-6-25(47)7-5-22/h4-10,12,14-19,29,31,35-38,41-44,46-47,49-50,54H,11,13H2,1-3H3,(H,51,52). The van der Waals surface area contributed by atoms with Crippen LogP contribution in [0.2, 0.25) is 0 Å². The van der Waals surface area contributed by atoms with Crippen LogP contribution in [0.25, 0.3) is 44.3 Å². The van der Waals surface area contributed by atoms with E-state index in [4.69, 9.17) is 23.5 Å². The van der Waals surface area contributed by atoms with E-state index in [1.54, 1.807) is 24.5 Å². The number of carbonyl (C=O) groups is 2. The summed E-state index contributed by atoms with van der Waals surface area (Å²) in [5.41, 5.74) is 4.44. The molecule has 0 saturated carbocycles. The molecule has 17 nitrogen and oxygen atoms in total. The number of carbonyl (C=O) groups excluding carboxylic acids is 1. The lowest BCUT2D eigenvalue weighted by molar-refractivity contribution is -0.318. The summed E-state index contributed by atoms with van der Waals surface area (Å²) in [4.78, 5) is 48.3. The number of carboxylic acids is 1. The van der Waals surface area contributed by atoms with Crippen LogP contribution in [0.5, 0.6) is 11.5 Å². The minimum Gasteiger partial charge on any atom is -0.508 e. The van der Waals surface area contributed by atoms with Crippen LogP contribution in [-0.2, 0) is 19.1 Å². The minimum atomic E-state index is -2.34. The SMILES string of the molecule is CNC(CCO)C(C(=O)O)C(=O)OC(O)C1OC(Oc2ccc3c(=O)c(-c4ccc(O)cc4)coc3c2)C(On2cc3cc[nH]c3c2-c2cc(C)cc(C)c2)C(O)C1O. The first-order chi connectivity index (χ1) is 28.3. The number of aromatic nitrogens is 2. The number of aliphatic hydroxyl groups is 4. The van der Waals surface area contributed by atoms with Gasteiger partial charge in [0.15, 0.2) is 17.5 Å². The molecule has 0 aliphatic carbocycles. The van der Waals surface area contributed by atoms with Gasteiger partial charge in [-0.15, -0.1) is 0 Å². The van der Waals surface area contributed by atoms with Crippen molar-refractivity contribution in [2.75, 3.05) is 13.7 Å². The van der Waals surface area contributed by atoms with E-state index in [0.29, 0.717) is 16.8 Å². The summed E-state index contributed by atoms with van der Waals surface area (Å²) in [6.07, 6.45) is -6.86. The Morgan fingerprint density at radius 2 is 1.71 bits per heavy atom. The van der Waals surface area contributed by atoms with E-state index in [1.165, 1.54) is 48.4 Å². The molecule has 17 heteroatoms. The summed E-state index contributed by atoms with van der Waals surface area (Å²) >= 11 is 0. The number of esters is 1. The summed E-state index contributed by atoms with van der Waals surface area (Å²) < 4.78 is 24.6. The van der Waals surface area contributed by atoms with Crippen molar-refractivity contribution in [1.29, 1.82) is 0 Å². The quantitative estimate of drug-likeness (QED) is 0.0447. The van der Waals surface area contributed by atoms with Gasteiger partial charge in [-0.05, 0) is 75.3 Å². The number of aliphatic hydroxyl groups excluding tert-OH is 4. The Morgan fingerprint density at radius 3 is 2.39 bits per heavy atom. The van der Waals surface area contributed by atoms with Gasteiger partial charge in [-0.3, -0.25) is 14.4 Å². The first kappa shape index (κ1) is 41.0. The Morgan fingerprint density at radius 1 is 0.983 bits per heavy atom. The van der Waals surface area contributed by atoms with Crippen molar-refractivity contribution >= 4 is 33.8 Å². The third kappa shape index (κ3) is 8.24. The molecular weight excluding hydrogens is 770 g/mol. The fourth-order valence-corrected chi connectivity index (χ4v) is 7.37. The largest absolute Gasteiger partial charge is 0.508 e. The van der Waals surface area contributed by atoms with Crippen LogP contribution in [0.1, 0.15) is 17.5 Å². The Labute approximate surface area is 335 Å². The molecule has 59 heavy (non-hydrogen) atoms. The summed E-state index contributed by atoms with van der Waals surface area (Å²) in [5, 5.41) is 66.8. The highest BCUT2D eigenvalue weighted by Gasteiger charge is 2.52. The van der Waals surface area contributed by atoms with Gasteiger partial charge in [0.05, 0.1) is 22.7 Å². The van der Waals surface area contributed by atoms with Crippen LogP contribution >= 0.6 is 0 Å². The molecule has 310 valence electrons. The number of nitrogens with one attached hydrogen (secondary N) is 2. The van der Waals surface area contributed by atoms with E-state index in [0.717, 1.165) is 22.1 Å². The zero-order valence-corrected chi connectivity index (χ0v) is 32.0. The third-order valence-electron chi connectivity index (χ3n) is 10.2. The lowest BCUT2D eigenvalue weighted by Gasteiger charge is -2.43. The maximum atomic E-state index is 13.5. The van der Waals surface area contributed by atoms with Gasteiger partial charge < -0.3 is 64.4 Å². The Balaban J connectivity index is 1.24. The predicted molar refractivity (Wildman–Crippen MR) is 210 cm³/mol. The number of phenolic OH excluding ortho intramolecular Hbond substituents is 1. The van der Waals surface area contributed by atoms with Crippen LogP contribution in [0.4, 0.5) is 0 Å². The molecule has 0 radical (unpaired) electrons. The van der Waals surface area contributed by atoms with E-state index in [9.17, 15) is 45.0 Å². The van der Waals surface area contributed by atoms with Crippen molar-refractivity contribution in [3.8, 4) is 33.9 Å². The lowest BCUT2D eigenvalue weighted by Crippen LogP contribution is -2.65. The number of ether oxygens (including phenoxy) is 3. The molecule has 0 spiro atoms. The number of aliphatic carboxylic acids is 1. The van der Waals surface area contributed by atoms with Gasteiger partial charge in [-0.2, -0.15) is 4.73 Å². The van der Waals surface area contributed by atoms with Crippen molar-refractivity contribution in [2.45, 2.75) is 63.3 Å². The van der Waals surface area contributed by atoms with Gasteiger partial charge in [0.25, 0.3) is 0 Å². The number of aromatic hydroxyl groups is 1. The van der Waals surface area contributed by atoms with Crippen LogP contribution in [0, 0.1) is 19.8 Å². The molecular formula is C42H43N3O14. The normalized spacial score (nSPS) is 20.9. The van der Waals surface area contributed by atoms with Crippen LogP contribution in [0.15, 0.2) is 94.6 Å². The van der Waals surface area contributed by atoms with Crippen molar-refractivity contribution in [3.63, 3.8) is 0 Å². The van der Waals surface area contributed by atoms with Crippen molar-refractivity contribution in [3.05, 3.63) is 107 Å². The predicted octanol–water partition coefficient (Wildman–Crippen LogP) is 2.59. The highest BCUT2D eigenvalue weighted by Crippen LogP contribution is 2.34. The van der Waals surface area contributed by atoms with Crippen molar-refractivity contribution in [2.24, 2.45) is 5.92 Å². The summed E-state index contributed by atoms with van der Waals surface area (Å²) in [7, 11) is 1.39. The lowest BCUT2D eigenvalue weighted by atomic mass is 9.96. The molecule has 0 amide bonds. The summed E-state index contributed by atoms with van der Waals surface area (Å²) in [6, 6.07) is 16.9. The zero-order chi connectivity index (χ0) is 42.1. The number of fused-ring (bicyclic) bond motifs is 2. The second kappa shape index (κ2) is 16.9. The molecule has 1 fully saturated rings. The van der Waals surface area contributed by atoms with E-state index in [1.807, 2.05) is 38.1 Å². The topological polar surface area (TPSA) is 255 Å². The van der Waals surface area contributed by atoms with Gasteiger partial charge in [-0.1, -0.05) is 29.3 Å². The first-order valence-corrected chi connectivity index (χ1v) is 18.6. The molecule has 1 saturated heterocycles. The molecule has 3 aromatic carbocycles. The van der Waals surface area contributed by atoms with E-state index < -0.39 is 67.5 Å². The molecule has 0 bridgehead atoms. The fraction of sp³-hybridized carbons (Fsp3) is 0.310. The molecule has 6 aromatic rings. The third-order valence-corrected chi connectivity index (χ3v) is 10.2. The zero-order valence-electron chi connectivity index (χ0n) is 32.0. The molecule has 4 heterocycles. The van der Waals surface area contributed by atoms with Crippen molar-refractivity contribution < 1.29 is 63.7 Å². The number of hydrogen-bond acceptors (Lipinski definition) is 14. The number of aryl methyl sites for hydroxylation is 2. The number of phenols is 1. The Bertz CT molecular complexity index is 2510. The first-order valence-electron chi connectivity index (χ1n) is 18.6. The van der Waals surface area contributed by atoms with E-state index in [2.05, 4.69) is 10.3 Å². The molecule has 8 unspecified atom stereocenters. The molecule has 1 aliphatic rings. The minimum absolute atomic E-state index is 0.0271. The maximum Gasteiger partial charge on any atom is 0.324 e. The maximum absolute atomic E-state index is 13.5. The highest BCUT2D eigenvalue weighted by atomic mass is 16.8. The average Bonchev–Trinajstić information content (AvgIpc) is 3.78. The highest BCUT2D eigenvalue weighted by molar-refractivity contribution is 5.95. The van der Waals surface area contributed by atoms with Crippen LogP contribution in [0.3, 0.4) is 0 Å². The number of nitrogens with zero attached hydrogens (tertiary/aromatic N) is 1. The van der Waals surface area contributed by atoms with Gasteiger partial charge in [-0.25, -0.2) is 0 Å². The van der Waals surface area contributed by atoms with Crippen LogP contribution < -0.4 is 20.3 Å². The number of hydrogen-bond donors (Lipinski definition) is 8. The summed E-state index contributed by atoms with van der Waals surface area (Å²) in [6.45, 7) is 3.43. The molecule has 3 aromatic heterocycles. The second-order valence-corrected chi connectivity index (χ2v) is 14.4. The monoisotopic (exact) mass is 813 g/mol. The van der Waals surface area contributed by atoms with Crippen molar-refractivity contribution in [1.82, 2.24) is 15.0 Å². The van der Waals surface area contributed by atoms with Gasteiger partial charge >= 0.3 is 11.9 Å². The van der Waals surface area contributed by atoms with Crippen LogP contribution in [-0.4, -0.2) is 109 Å². The van der Waals surface area contributed by atoms with Gasteiger partial charge in [0.1, 0.15) is 41.2 Å². The average molecular weight is 814 g/mol. The second-order valence-electron chi connectivity index (χ2n) is 14.4. The molecule has 8 atom stereocenters. The number of benzene rings is 3. The molecule has 1 aliphatic heterocycles. The number of rotatable bonds is 14. The molecule has 7 rings (SSSR count). The summed E-state index contributed by atoms with van der Waals surface area (Å²) in [5.74, 6) is -4.82. The Kier molecular flexibility index (Phi) is 11.8. The number of aromatic amines is 1. The smallest absolute Gasteiger partial charge is 0.324 e. The van der Waals surface area contributed by atoms with E-state index in [-0.39, 0.29) is 39.9 Å². The fourth-order valence-electron chi connectivity index (χ4n) is 7.37. The number of H-pyrrole nitrogens is 1. The Hall–Kier alpha value is -6.21. The van der Waals surface area contributed by atoms with E-state index >= 15 is 0 Å². The molecule has 8 N–H and O–H groups in total.